The van der Waals surface area contributed by atoms with Gasteiger partial charge in [0.05, 0.1) is 35.9 Å². The normalized spacial score (nSPS) is 14.5. The molecule has 0 radical (unpaired) electrons. The lowest BCUT2D eigenvalue weighted by Gasteiger charge is -2.27. The molecule has 1 unspecified atom stereocenters. The number of nitrogens with zero attached hydrogens (tertiary/aromatic N) is 5. The Morgan fingerprint density at radius 1 is 1.15 bits per heavy atom. The van der Waals surface area contributed by atoms with Crippen molar-refractivity contribution < 1.29 is 19.0 Å². The van der Waals surface area contributed by atoms with Crippen LogP contribution >= 0.6 is 0 Å². The molecule has 0 spiro atoms. The number of fused-ring (bicyclic) bond motifs is 1. The Kier molecular flexibility index (Phi) is 7.82. The molecule has 4 aromatic rings. The predicted octanol–water partition coefficient (Wildman–Crippen LogP) is 3.00. The molecule has 4 heterocycles. The molecule has 204 valence electrons. The highest BCUT2D eigenvalue weighted by Gasteiger charge is 2.25. The van der Waals surface area contributed by atoms with Crippen LogP contribution in [0, 0.1) is 17.1 Å². The van der Waals surface area contributed by atoms with Gasteiger partial charge >= 0.3 is 0 Å². The van der Waals surface area contributed by atoms with Crippen molar-refractivity contribution in [3.63, 3.8) is 0 Å². The Hall–Kier alpha value is -4.66. The van der Waals surface area contributed by atoms with E-state index in [4.69, 9.17) is 10.00 Å². The van der Waals surface area contributed by atoms with Crippen LogP contribution in [0.4, 0.5) is 4.39 Å². The van der Waals surface area contributed by atoms with E-state index >= 15 is 0 Å². The van der Waals surface area contributed by atoms with Gasteiger partial charge in [0.25, 0.3) is 11.5 Å². The average molecular weight is 543 g/mol. The van der Waals surface area contributed by atoms with Crippen molar-refractivity contribution in [3.8, 4) is 23.1 Å². The summed E-state index contributed by atoms with van der Waals surface area (Å²) in [6, 6.07) is 12.0. The summed E-state index contributed by atoms with van der Waals surface area (Å²) in [6.45, 7) is 5.10. The van der Waals surface area contributed by atoms with Crippen molar-refractivity contribution in [2.24, 2.45) is 0 Å². The van der Waals surface area contributed by atoms with Gasteiger partial charge in [-0.25, -0.2) is 9.37 Å². The smallest absolute Gasteiger partial charge is 0.268 e. The molecular weight excluding hydrogens is 515 g/mol. The third kappa shape index (κ3) is 5.54. The number of hydrogen-bond donors (Lipinski definition) is 2. The SMILES string of the molecule is CC(NC(=O)c1c(O)c2cc(-c3ccc(C#N)cn3)cnc2n(CCN2CCOCC2)c1=O)c1ccc(F)cc1. The molecule has 1 aromatic carbocycles. The minimum atomic E-state index is -0.761. The molecule has 40 heavy (non-hydrogen) atoms. The zero-order chi connectivity index (χ0) is 28.2. The van der Waals surface area contributed by atoms with Gasteiger partial charge in [-0.1, -0.05) is 12.1 Å². The minimum Gasteiger partial charge on any atom is -0.506 e. The summed E-state index contributed by atoms with van der Waals surface area (Å²) < 4.78 is 20.2. The van der Waals surface area contributed by atoms with Gasteiger partial charge in [-0.3, -0.25) is 24.0 Å². The Morgan fingerprint density at radius 3 is 2.58 bits per heavy atom. The number of ether oxygens (including phenoxy) is 1. The molecule has 1 aliphatic heterocycles. The summed E-state index contributed by atoms with van der Waals surface area (Å²) in [6.07, 6.45) is 2.97. The lowest BCUT2D eigenvalue weighted by atomic mass is 10.1. The van der Waals surface area contributed by atoms with Crippen LogP contribution in [-0.4, -0.2) is 63.3 Å². The first-order valence-electron chi connectivity index (χ1n) is 12.8. The number of carbonyl (C=O) groups is 1. The van der Waals surface area contributed by atoms with Crippen molar-refractivity contribution in [2.75, 3.05) is 32.8 Å². The molecule has 1 saturated heterocycles. The number of pyridine rings is 3. The number of benzene rings is 1. The van der Waals surface area contributed by atoms with E-state index in [9.17, 15) is 19.1 Å². The molecule has 1 aliphatic rings. The number of nitriles is 1. The van der Waals surface area contributed by atoms with Crippen molar-refractivity contribution in [2.45, 2.75) is 19.5 Å². The van der Waals surface area contributed by atoms with Crippen molar-refractivity contribution in [1.82, 2.24) is 24.8 Å². The number of halogens is 1. The second-order valence-electron chi connectivity index (χ2n) is 9.52. The van der Waals surface area contributed by atoms with Crippen LogP contribution in [0.3, 0.4) is 0 Å². The molecule has 0 aliphatic carbocycles. The van der Waals surface area contributed by atoms with Gasteiger partial charge in [-0.05, 0) is 42.8 Å². The highest BCUT2D eigenvalue weighted by Crippen LogP contribution is 2.29. The van der Waals surface area contributed by atoms with Gasteiger partial charge in [-0.15, -0.1) is 0 Å². The van der Waals surface area contributed by atoms with Gasteiger partial charge in [0, 0.05) is 44.1 Å². The third-order valence-electron chi connectivity index (χ3n) is 6.95. The Morgan fingerprint density at radius 2 is 1.90 bits per heavy atom. The summed E-state index contributed by atoms with van der Waals surface area (Å²) in [4.78, 5) is 38.0. The second kappa shape index (κ2) is 11.6. The number of rotatable bonds is 7. The molecule has 1 fully saturated rings. The van der Waals surface area contributed by atoms with Crippen LogP contribution in [0.2, 0.25) is 0 Å². The summed E-state index contributed by atoms with van der Waals surface area (Å²) in [7, 11) is 0. The van der Waals surface area contributed by atoms with Crippen LogP contribution in [0.1, 0.15) is 34.5 Å². The van der Waals surface area contributed by atoms with E-state index in [1.807, 2.05) is 6.07 Å². The van der Waals surface area contributed by atoms with Crippen LogP contribution in [0.15, 0.2) is 59.7 Å². The molecule has 2 N–H and O–H groups in total. The standard InChI is InChI=1S/C29H27FN6O4/c1-18(20-3-5-22(30)6-4-20)34-28(38)25-26(37)23-14-21(24-7-2-19(15-31)16-32-24)17-33-27(23)36(29(25)39)9-8-35-10-12-40-13-11-35/h2-7,14,16-18,37H,8-13H2,1H3,(H,34,38). The van der Waals surface area contributed by atoms with Crippen molar-refractivity contribution in [1.29, 1.82) is 5.26 Å². The first kappa shape index (κ1) is 26.9. The minimum absolute atomic E-state index is 0.213. The maximum absolute atomic E-state index is 13.7. The molecular formula is C29H27FN6O4. The van der Waals surface area contributed by atoms with Gasteiger partial charge in [0.1, 0.15) is 28.8 Å². The van der Waals surface area contributed by atoms with E-state index in [2.05, 4.69) is 20.2 Å². The molecule has 0 bridgehead atoms. The molecule has 5 rings (SSSR count). The van der Waals surface area contributed by atoms with Crippen LogP contribution in [0.5, 0.6) is 5.75 Å². The van der Waals surface area contributed by atoms with Gasteiger partial charge in [0.15, 0.2) is 0 Å². The Labute approximate surface area is 229 Å². The second-order valence-corrected chi connectivity index (χ2v) is 9.52. The van der Waals surface area contributed by atoms with E-state index < -0.39 is 34.6 Å². The fourth-order valence-electron chi connectivity index (χ4n) is 4.67. The monoisotopic (exact) mass is 542 g/mol. The topological polar surface area (TPSA) is 133 Å². The lowest BCUT2D eigenvalue weighted by molar-refractivity contribution is 0.0364. The van der Waals surface area contributed by atoms with Crippen LogP contribution in [0.25, 0.3) is 22.3 Å². The summed E-state index contributed by atoms with van der Waals surface area (Å²) in [5.41, 5.74) is 1.24. The summed E-state index contributed by atoms with van der Waals surface area (Å²) in [5.74, 6) is -1.66. The molecule has 11 heteroatoms. The zero-order valence-corrected chi connectivity index (χ0v) is 21.8. The van der Waals surface area contributed by atoms with Gasteiger partial charge < -0.3 is 15.2 Å². The number of amides is 1. The molecule has 10 nitrogen and oxygen atoms in total. The quantitative estimate of drug-likeness (QED) is 0.364. The Balaban J connectivity index is 1.56. The Bertz CT molecular complexity index is 1640. The number of aromatic hydroxyl groups is 1. The highest BCUT2D eigenvalue weighted by atomic mass is 19.1. The first-order valence-corrected chi connectivity index (χ1v) is 12.8. The predicted molar refractivity (Wildman–Crippen MR) is 145 cm³/mol. The zero-order valence-electron chi connectivity index (χ0n) is 21.8. The third-order valence-corrected chi connectivity index (χ3v) is 6.95. The van der Waals surface area contributed by atoms with E-state index in [-0.39, 0.29) is 17.6 Å². The average Bonchev–Trinajstić information content (AvgIpc) is 2.98. The van der Waals surface area contributed by atoms with Crippen LogP contribution in [-0.2, 0) is 11.3 Å². The lowest BCUT2D eigenvalue weighted by Crippen LogP contribution is -2.40. The summed E-state index contributed by atoms with van der Waals surface area (Å²) in [5, 5.41) is 23.3. The first-order chi connectivity index (χ1) is 19.4. The van der Waals surface area contributed by atoms with Crippen LogP contribution < -0.4 is 10.9 Å². The largest absolute Gasteiger partial charge is 0.506 e. The summed E-state index contributed by atoms with van der Waals surface area (Å²) >= 11 is 0. The maximum atomic E-state index is 13.7. The van der Waals surface area contributed by atoms with E-state index in [1.165, 1.54) is 29.1 Å². The van der Waals surface area contributed by atoms with Crippen molar-refractivity contribution >= 4 is 16.9 Å². The van der Waals surface area contributed by atoms with E-state index in [0.29, 0.717) is 42.1 Å². The fraction of sp³-hybridized carbons (Fsp3) is 0.276. The van der Waals surface area contributed by atoms with Gasteiger partial charge in [-0.2, -0.15) is 5.26 Å². The van der Waals surface area contributed by atoms with Crippen molar-refractivity contribution in [3.05, 3.63) is 87.7 Å². The van der Waals surface area contributed by atoms with E-state index in [0.717, 1.165) is 13.1 Å². The number of morpholine rings is 1. The molecule has 3 aromatic heterocycles. The van der Waals surface area contributed by atoms with Gasteiger partial charge in [0.2, 0.25) is 0 Å². The highest BCUT2D eigenvalue weighted by molar-refractivity contribution is 6.02. The number of hydrogen-bond acceptors (Lipinski definition) is 8. The maximum Gasteiger partial charge on any atom is 0.268 e. The fourth-order valence-corrected chi connectivity index (χ4v) is 4.67. The number of aromatic nitrogens is 3. The number of carbonyl (C=O) groups excluding carboxylic acids is 1. The molecule has 1 atom stereocenters. The molecule has 1 amide bonds. The molecule has 0 saturated carbocycles. The van der Waals surface area contributed by atoms with E-state index in [1.54, 1.807) is 37.3 Å². The number of nitrogens with one attached hydrogen (secondary N) is 1.